The molecule has 0 radical (unpaired) electrons. The Morgan fingerprint density at radius 3 is 2.78 bits per heavy atom. The zero-order valence-corrected chi connectivity index (χ0v) is 10.1. The average molecular weight is 241 g/mol. The predicted octanol–water partition coefficient (Wildman–Crippen LogP) is 1.59. The second-order valence-corrected chi connectivity index (χ2v) is 4.97. The molecule has 0 aromatic heterocycles. The van der Waals surface area contributed by atoms with E-state index < -0.39 is 0 Å². The summed E-state index contributed by atoms with van der Waals surface area (Å²) in [7, 11) is 0. The minimum atomic E-state index is -0.0737. The molecular formula is C14H15N3O. The fourth-order valence-corrected chi connectivity index (χ4v) is 3.00. The maximum Gasteiger partial charge on any atom is 0.232 e. The predicted molar refractivity (Wildman–Crippen MR) is 68.1 cm³/mol. The Kier molecular flexibility index (Phi) is 2.77. The number of rotatable bonds is 1. The summed E-state index contributed by atoms with van der Waals surface area (Å²) < 4.78 is 0. The highest BCUT2D eigenvalue weighted by molar-refractivity contribution is 6.03. The van der Waals surface area contributed by atoms with Gasteiger partial charge in [-0.25, -0.2) is 0 Å². The number of piperidine rings is 1. The first-order chi connectivity index (χ1) is 8.79. The number of anilines is 1. The number of carbonyl (C=O) groups is 1. The number of hydrogen-bond donors (Lipinski definition) is 2. The summed E-state index contributed by atoms with van der Waals surface area (Å²) in [5.74, 6) is 0.406. The zero-order valence-electron chi connectivity index (χ0n) is 10.1. The van der Waals surface area contributed by atoms with Crippen molar-refractivity contribution >= 4 is 11.6 Å². The van der Waals surface area contributed by atoms with Crippen molar-refractivity contribution in [2.75, 3.05) is 18.4 Å². The standard InChI is InChI=1S/C14H15N3O/c15-8-9-1-2-12-11(7-9)13(14(18)17-12)10-3-5-16-6-4-10/h1-2,7,10,13,16H,3-6H2,(H,17,18). The quantitative estimate of drug-likeness (QED) is 0.784. The van der Waals surface area contributed by atoms with Gasteiger partial charge in [0.15, 0.2) is 0 Å². The summed E-state index contributed by atoms with van der Waals surface area (Å²) >= 11 is 0. The summed E-state index contributed by atoms with van der Waals surface area (Å²) in [5.41, 5.74) is 2.51. The van der Waals surface area contributed by atoms with E-state index in [1.807, 2.05) is 12.1 Å². The van der Waals surface area contributed by atoms with Gasteiger partial charge in [0, 0.05) is 5.69 Å². The molecule has 1 fully saturated rings. The molecule has 3 rings (SSSR count). The van der Waals surface area contributed by atoms with Crippen LogP contribution in [0, 0.1) is 17.2 Å². The second-order valence-electron chi connectivity index (χ2n) is 4.97. The van der Waals surface area contributed by atoms with E-state index in [1.54, 1.807) is 6.07 Å². The lowest BCUT2D eigenvalue weighted by atomic mass is 9.81. The molecule has 1 atom stereocenters. The van der Waals surface area contributed by atoms with Crippen LogP contribution in [0.1, 0.15) is 29.9 Å². The SMILES string of the molecule is N#Cc1ccc2c(c1)C(C1CCNCC1)C(=O)N2. The van der Waals surface area contributed by atoms with E-state index in [2.05, 4.69) is 16.7 Å². The molecule has 1 saturated heterocycles. The maximum absolute atomic E-state index is 12.1. The van der Waals surface area contributed by atoms with Crippen LogP contribution >= 0.6 is 0 Å². The molecule has 0 aliphatic carbocycles. The van der Waals surface area contributed by atoms with Gasteiger partial charge < -0.3 is 10.6 Å². The molecule has 1 amide bonds. The summed E-state index contributed by atoms with van der Waals surface area (Å²) in [5, 5.41) is 15.2. The van der Waals surface area contributed by atoms with Gasteiger partial charge in [0.25, 0.3) is 0 Å². The number of fused-ring (bicyclic) bond motifs is 1. The van der Waals surface area contributed by atoms with E-state index in [9.17, 15) is 4.79 Å². The number of nitrogens with one attached hydrogen (secondary N) is 2. The molecule has 2 aliphatic rings. The topological polar surface area (TPSA) is 64.9 Å². The van der Waals surface area contributed by atoms with Gasteiger partial charge in [-0.2, -0.15) is 5.26 Å². The lowest BCUT2D eigenvalue weighted by Gasteiger charge is -2.26. The monoisotopic (exact) mass is 241 g/mol. The van der Waals surface area contributed by atoms with Gasteiger partial charge in [-0.1, -0.05) is 0 Å². The molecule has 1 aromatic rings. The van der Waals surface area contributed by atoms with Gasteiger partial charge >= 0.3 is 0 Å². The molecule has 1 aromatic carbocycles. The van der Waals surface area contributed by atoms with Crippen molar-refractivity contribution in [2.45, 2.75) is 18.8 Å². The summed E-state index contributed by atoms with van der Waals surface area (Å²) in [6.45, 7) is 1.95. The Balaban J connectivity index is 1.97. The van der Waals surface area contributed by atoms with Gasteiger partial charge in [-0.05, 0) is 55.6 Å². The van der Waals surface area contributed by atoms with E-state index >= 15 is 0 Å². The van der Waals surface area contributed by atoms with Gasteiger partial charge in [0.1, 0.15) is 0 Å². The lowest BCUT2D eigenvalue weighted by Crippen LogP contribution is -2.33. The van der Waals surface area contributed by atoms with Crippen molar-refractivity contribution in [3.8, 4) is 6.07 Å². The number of amides is 1. The zero-order chi connectivity index (χ0) is 12.5. The van der Waals surface area contributed by atoms with E-state index in [4.69, 9.17) is 5.26 Å². The van der Waals surface area contributed by atoms with Crippen molar-refractivity contribution in [3.63, 3.8) is 0 Å². The number of nitrogens with zero attached hydrogens (tertiary/aromatic N) is 1. The number of nitriles is 1. The van der Waals surface area contributed by atoms with Gasteiger partial charge in [0.05, 0.1) is 17.6 Å². The van der Waals surface area contributed by atoms with Crippen molar-refractivity contribution in [1.82, 2.24) is 5.32 Å². The van der Waals surface area contributed by atoms with Crippen molar-refractivity contribution in [1.29, 1.82) is 5.26 Å². The van der Waals surface area contributed by atoms with Crippen LogP contribution in [-0.2, 0) is 4.79 Å². The minimum Gasteiger partial charge on any atom is -0.325 e. The first-order valence-electron chi connectivity index (χ1n) is 6.35. The molecule has 1 unspecified atom stereocenters. The molecule has 0 spiro atoms. The Morgan fingerprint density at radius 2 is 2.06 bits per heavy atom. The van der Waals surface area contributed by atoms with Crippen LogP contribution in [0.2, 0.25) is 0 Å². The van der Waals surface area contributed by atoms with E-state index in [0.29, 0.717) is 11.5 Å². The third-order valence-corrected chi connectivity index (χ3v) is 3.91. The largest absolute Gasteiger partial charge is 0.325 e. The first-order valence-corrected chi connectivity index (χ1v) is 6.35. The second kappa shape index (κ2) is 4.43. The van der Waals surface area contributed by atoms with Gasteiger partial charge in [0.2, 0.25) is 5.91 Å². The molecule has 4 nitrogen and oxygen atoms in total. The molecule has 0 bridgehead atoms. The molecular weight excluding hydrogens is 226 g/mol. The smallest absolute Gasteiger partial charge is 0.232 e. The molecule has 92 valence electrons. The first kappa shape index (κ1) is 11.2. The Hall–Kier alpha value is -1.86. The highest BCUT2D eigenvalue weighted by atomic mass is 16.2. The van der Waals surface area contributed by atoms with Crippen LogP contribution in [0.4, 0.5) is 5.69 Å². The van der Waals surface area contributed by atoms with Crippen LogP contribution in [0.3, 0.4) is 0 Å². The number of benzene rings is 1. The van der Waals surface area contributed by atoms with Crippen molar-refractivity contribution < 1.29 is 4.79 Å². The van der Waals surface area contributed by atoms with Crippen LogP contribution in [0.5, 0.6) is 0 Å². The third-order valence-electron chi connectivity index (χ3n) is 3.91. The van der Waals surface area contributed by atoms with E-state index in [-0.39, 0.29) is 11.8 Å². The van der Waals surface area contributed by atoms with E-state index in [0.717, 1.165) is 37.2 Å². The fraction of sp³-hybridized carbons (Fsp3) is 0.429. The molecule has 0 saturated carbocycles. The summed E-state index contributed by atoms with van der Waals surface area (Å²) in [4.78, 5) is 12.1. The Bertz CT molecular complexity index is 526. The highest BCUT2D eigenvalue weighted by Crippen LogP contribution is 2.40. The Labute approximate surface area is 106 Å². The van der Waals surface area contributed by atoms with Crippen LogP contribution in [-0.4, -0.2) is 19.0 Å². The van der Waals surface area contributed by atoms with Crippen LogP contribution < -0.4 is 10.6 Å². The van der Waals surface area contributed by atoms with Crippen molar-refractivity contribution in [3.05, 3.63) is 29.3 Å². The highest BCUT2D eigenvalue weighted by Gasteiger charge is 2.37. The minimum absolute atomic E-state index is 0.0737. The Morgan fingerprint density at radius 1 is 1.28 bits per heavy atom. The fourth-order valence-electron chi connectivity index (χ4n) is 3.00. The number of hydrogen-bond acceptors (Lipinski definition) is 3. The maximum atomic E-state index is 12.1. The van der Waals surface area contributed by atoms with Crippen LogP contribution in [0.25, 0.3) is 0 Å². The normalized spacial score (nSPS) is 23.3. The molecule has 2 heterocycles. The van der Waals surface area contributed by atoms with Gasteiger partial charge in [-0.15, -0.1) is 0 Å². The van der Waals surface area contributed by atoms with Crippen LogP contribution in [0.15, 0.2) is 18.2 Å². The number of carbonyl (C=O) groups excluding carboxylic acids is 1. The third kappa shape index (κ3) is 1.77. The van der Waals surface area contributed by atoms with Crippen molar-refractivity contribution in [2.24, 2.45) is 5.92 Å². The molecule has 2 N–H and O–H groups in total. The average Bonchev–Trinajstić information content (AvgIpc) is 2.74. The molecule has 2 aliphatic heterocycles. The molecule has 4 heteroatoms. The lowest BCUT2D eigenvalue weighted by molar-refractivity contribution is -0.118. The summed E-state index contributed by atoms with van der Waals surface area (Å²) in [6, 6.07) is 7.60. The molecule has 18 heavy (non-hydrogen) atoms. The van der Waals surface area contributed by atoms with Gasteiger partial charge in [-0.3, -0.25) is 4.79 Å². The van der Waals surface area contributed by atoms with E-state index in [1.165, 1.54) is 0 Å². The summed E-state index contributed by atoms with van der Waals surface area (Å²) in [6.07, 6.45) is 2.04.